The highest BCUT2D eigenvalue weighted by atomic mass is 16.3. The van der Waals surface area contributed by atoms with E-state index in [1.165, 1.54) is 51.4 Å². The molecule has 0 amide bonds. The third-order valence-electron chi connectivity index (χ3n) is 6.07. The fourth-order valence-corrected chi connectivity index (χ4v) is 4.65. The molecule has 2 nitrogen and oxygen atoms in total. The average molecular weight is 267 g/mol. The smallest absolute Gasteiger partial charge is 0.0716 e. The van der Waals surface area contributed by atoms with Crippen LogP contribution in [0.5, 0.6) is 0 Å². The molecule has 0 atom stereocenters. The molecule has 0 radical (unpaired) electrons. The minimum absolute atomic E-state index is 0.0285. The van der Waals surface area contributed by atoms with Crippen LogP contribution in [0.15, 0.2) is 0 Å². The zero-order valence-electron chi connectivity index (χ0n) is 12.8. The fraction of sp³-hybridized carbons (Fsp3) is 1.00. The Morgan fingerprint density at radius 2 is 1.58 bits per heavy atom. The van der Waals surface area contributed by atoms with Gasteiger partial charge in [0.2, 0.25) is 0 Å². The van der Waals surface area contributed by atoms with Gasteiger partial charge in [-0.1, -0.05) is 45.4 Å². The zero-order valence-corrected chi connectivity index (χ0v) is 12.8. The summed E-state index contributed by atoms with van der Waals surface area (Å²) in [7, 11) is 0. The van der Waals surface area contributed by atoms with Crippen molar-refractivity contribution in [2.75, 3.05) is 6.54 Å². The molecule has 2 rings (SSSR count). The van der Waals surface area contributed by atoms with Gasteiger partial charge in [-0.05, 0) is 44.4 Å². The quantitative estimate of drug-likeness (QED) is 0.756. The Bertz CT molecular complexity index is 260. The highest BCUT2D eigenvalue weighted by Gasteiger charge is 2.50. The number of aliphatic hydroxyl groups is 1. The Kier molecular flexibility index (Phi) is 5.30. The summed E-state index contributed by atoms with van der Waals surface area (Å²) in [4.78, 5) is 0. The molecule has 2 fully saturated rings. The molecule has 0 unspecified atom stereocenters. The lowest BCUT2D eigenvalue weighted by Crippen LogP contribution is -2.54. The van der Waals surface area contributed by atoms with Gasteiger partial charge in [0.25, 0.3) is 0 Å². The van der Waals surface area contributed by atoms with Gasteiger partial charge < -0.3 is 10.8 Å². The van der Waals surface area contributed by atoms with Crippen molar-refractivity contribution in [2.45, 2.75) is 89.6 Å². The van der Waals surface area contributed by atoms with E-state index in [0.29, 0.717) is 6.54 Å². The molecular weight excluding hydrogens is 234 g/mol. The van der Waals surface area contributed by atoms with E-state index in [0.717, 1.165) is 31.6 Å². The maximum absolute atomic E-state index is 11.3. The first-order valence-corrected chi connectivity index (χ1v) is 8.58. The minimum Gasteiger partial charge on any atom is -0.389 e. The molecule has 0 aliphatic heterocycles. The number of hydrogen-bond donors (Lipinski definition) is 2. The number of hydrogen-bond acceptors (Lipinski definition) is 2. The SMILES string of the molecule is CCCC1CCC(O)(C2(CN)CCCCCC2)CC1. The van der Waals surface area contributed by atoms with Gasteiger partial charge in [-0.15, -0.1) is 0 Å². The predicted octanol–water partition coefficient (Wildman–Crippen LogP) is 4.01. The molecular formula is C17H33NO. The van der Waals surface area contributed by atoms with Crippen LogP contribution in [0.4, 0.5) is 0 Å². The van der Waals surface area contributed by atoms with Crippen molar-refractivity contribution < 1.29 is 5.11 Å². The van der Waals surface area contributed by atoms with E-state index < -0.39 is 5.60 Å². The summed E-state index contributed by atoms with van der Waals surface area (Å²) < 4.78 is 0. The third kappa shape index (κ3) is 3.16. The van der Waals surface area contributed by atoms with Crippen LogP contribution in [0, 0.1) is 11.3 Å². The normalized spacial score (nSPS) is 35.8. The highest BCUT2D eigenvalue weighted by Crippen LogP contribution is 2.50. The van der Waals surface area contributed by atoms with Crippen molar-refractivity contribution in [1.29, 1.82) is 0 Å². The summed E-state index contributed by atoms with van der Waals surface area (Å²) in [6, 6.07) is 0. The van der Waals surface area contributed by atoms with Crippen LogP contribution in [-0.2, 0) is 0 Å². The van der Waals surface area contributed by atoms with E-state index in [9.17, 15) is 5.11 Å². The van der Waals surface area contributed by atoms with Crippen molar-refractivity contribution in [1.82, 2.24) is 0 Å². The van der Waals surface area contributed by atoms with Crippen LogP contribution in [0.25, 0.3) is 0 Å². The Balaban J connectivity index is 2.05. The minimum atomic E-state index is -0.462. The highest BCUT2D eigenvalue weighted by molar-refractivity contribution is 5.02. The van der Waals surface area contributed by atoms with E-state index in [-0.39, 0.29) is 5.41 Å². The van der Waals surface area contributed by atoms with E-state index >= 15 is 0 Å². The Morgan fingerprint density at radius 1 is 1.00 bits per heavy atom. The first-order valence-electron chi connectivity index (χ1n) is 8.58. The van der Waals surface area contributed by atoms with Crippen LogP contribution in [0.3, 0.4) is 0 Å². The summed E-state index contributed by atoms with van der Waals surface area (Å²) in [5.41, 5.74) is 5.72. The Morgan fingerprint density at radius 3 is 2.05 bits per heavy atom. The molecule has 2 aliphatic rings. The first-order chi connectivity index (χ1) is 9.16. The predicted molar refractivity (Wildman–Crippen MR) is 81.0 cm³/mol. The Hall–Kier alpha value is -0.0800. The van der Waals surface area contributed by atoms with Crippen LogP contribution < -0.4 is 5.73 Å². The summed E-state index contributed by atoms with van der Waals surface area (Å²) in [6.45, 7) is 2.95. The number of nitrogens with two attached hydrogens (primary N) is 1. The Labute approximate surface area is 119 Å². The van der Waals surface area contributed by atoms with E-state index in [4.69, 9.17) is 5.73 Å². The first kappa shape index (κ1) is 15.3. The molecule has 19 heavy (non-hydrogen) atoms. The van der Waals surface area contributed by atoms with Crippen molar-refractivity contribution >= 4 is 0 Å². The van der Waals surface area contributed by atoms with E-state index in [2.05, 4.69) is 6.92 Å². The van der Waals surface area contributed by atoms with Gasteiger partial charge in [0.15, 0.2) is 0 Å². The summed E-state index contributed by atoms with van der Waals surface area (Å²) in [5, 5.41) is 11.3. The lowest BCUT2D eigenvalue weighted by molar-refractivity contribution is -0.120. The van der Waals surface area contributed by atoms with Gasteiger partial charge in [-0.2, -0.15) is 0 Å². The van der Waals surface area contributed by atoms with E-state index in [1.807, 2.05) is 0 Å². The molecule has 3 N–H and O–H groups in total. The van der Waals surface area contributed by atoms with Gasteiger partial charge >= 0.3 is 0 Å². The summed E-state index contributed by atoms with van der Waals surface area (Å²) in [5.74, 6) is 0.853. The summed E-state index contributed by atoms with van der Waals surface area (Å²) in [6.07, 6.45) is 14.5. The van der Waals surface area contributed by atoms with Crippen LogP contribution in [-0.4, -0.2) is 17.3 Å². The molecule has 112 valence electrons. The molecule has 0 aromatic rings. The second-order valence-corrected chi connectivity index (χ2v) is 7.16. The molecule has 2 aliphatic carbocycles. The summed E-state index contributed by atoms with van der Waals surface area (Å²) >= 11 is 0. The maximum Gasteiger partial charge on any atom is 0.0716 e. The molecule has 0 aromatic heterocycles. The second kappa shape index (κ2) is 6.58. The molecule has 2 heteroatoms. The topological polar surface area (TPSA) is 46.2 Å². The largest absolute Gasteiger partial charge is 0.389 e. The molecule has 0 bridgehead atoms. The molecule has 0 aromatic carbocycles. The lowest BCUT2D eigenvalue weighted by atomic mass is 9.60. The fourth-order valence-electron chi connectivity index (χ4n) is 4.65. The van der Waals surface area contributed by atoms with Crippen LogP contribution >= 0.6 is 0 Å². The zero-order chi connectivity index (χ0) is 13.8. The van der Waals surface area contributed by atoms with Gasteiger partial charge in [0, 0.05) is 12.0 Å². The molecule has 0 heterocycles. The molecule has 0 spiro atoms. The average Bonchev–Trinajstić information content (AvgIpc) is 2.68. The third-order valence-corrected chi connectivity index (χ3v) is 6.07. The standard InChI is InChI=1S/C17H33NO/c1-2-7-15-8-12-17(19,13-9-15)16(14-18)10-5-3-4-6-11-16/h15,19H,2-14,18H2,1H3. The second-order valence-electron chi connectivity index (χ2n) is 7.16. The molecule has 2 saturated carbocycles. The van der Waals surface area contributed by atoms with E-state index in [1.54, 1.807) is 0 Å². The van der Waals surface area contributed by atoms with Crippen molar-refractivity contribution in [3.05, 3.63) is 0 Å². The molecule has 0 saturated heterocycles. The lowest BCUT2D eigenvalue weighted by Gasteiger charge is -2.50. The number of rotatable bonds is 4. The van der Waals surface area contributed by atoms with Gasteiger partial charge in [-0.25, -0.2) is 0 Å². The van der Waals surface area contributed by atoms with Crippen LogP contribution in [0.1, 0.15) is 84.0 Å². The van der Waals surface area contributed by atoms with Crippen LogP contribution in [0.2, 0.25) is 0 Å². The van der Waals surface area contributed by atoms with Gasteiger partial charge in [0.05, 0.1) is 5.60 Å². The maximum atomic E-state index is 11.3. The monoisotopic (exact) mass is 267 g/mol. The van der Waals surface area contributed by atoms with Gasteiger partial charge in [-0.3, -0.25) is 0 Å². The van der Waals surface area contributed by atoms with Crippen molar-refractivity contribution in [3.63, 3.8) is 0 Å². The van der Waals surface area contributed by atoms with Crippen molar-refractivity contribution in [2.24, 2.45) is 17.1 Å². The van der Waals surface area contributed by atoms with Gasteiger partial charge in [0.1, 0.15) is 0 Å². The van der Waals surface area contributed by atoms with Crippen molar-refractivity contribution in [3.8, 4) is 0 Å².